The number of hydrogen-bond acceptors (Lipinski definition) is 2. The van der Waals surface area contributed by atoms with Crippen molar-refractivity contribution < 1.29 is 13.5 Å². The van der Waals surface area contributed by atoms with Crippen molar-refractivity contribution in [1.29, 1.82) is 0 Å². The van der Waals surface area contributed by atoms with Crippen molar-refractivity contribution in [3.63, 3.8) is 0 Å². The van der Waals surface area contributed by atoms with E-state index in [-0.39, 0.29) is 16.5 Å². The number of rotatable bonds is 5. The Hall–Kier alpha value is -1.65. The lowest BCUT2D eigenvalue weighted by atomic mass is 10.2. The molecule has 0 bridgehead atoms. The molecule has 0 aliphatic heterocycles. The Labute approximate surface area is 127 Å². The van der Waals surface area contributed by atoms with Crippen LogP contribution in [0.3, 0.4) is 0 Å². The lowest BCUT2D eigenvalue weighted by Crippen LogP contribution is -2.21. The topological polar surface area (TPSA) is 21.3 Å². The van der Waals surface area contributed by atoms with E-state index in [1.54, 1.807) is 12.1 Å². The molecule has 0 saturated carbocycles. The first-order chi connectivity index (χ1) is 9.97. The van der Waals surface area contributed by atoms with Crippen LogP contribution in [-0.4, -0.2) is 6.04 Å². The lowest BCUT2D eigenvalue weighted by molar-refractivity contribution is 0.414. The van der Waals surface area contributed by atoms with Crippen molar-refractivity contribution in [2.24, 2.45) is 0 Å². The second-order valence-electron chi connectivity index (χ2n) is 4.95. The van der Waals surface area contributed by atoms with Gasteiger partial charge >= 0.3 is 0 Å². The fourth-order valence-electron chi connectivity index (χ4n) is 1.74. The van der Waals surface area contributed by atoms with E-state index in [1.807, 2.05) is 13.8 Å². The highest BCUT2D eigenvalue weighted by Gasteiger charge is 2.11. The highest BCUT2D eigenvalue weighted by Crippen LogP contribution is 2.30. The van der Waals surface area contributed by atoms with Crippen LogP contribution in [0, 0.1) is 11.6 Å². The van der Waals surface area contributed by atoms with Crippen LogP contribution in [0.25, 0.3) is 0 Å². The largest absolute Gasteiger partial charge is 0.451 e. The van der Waals surface area contributed by atoms with E-state index in [0.29, 0.717) is 12.6 Å². The molecular formula is C16H16ClF2NO. The van der Waals surface area contributed by atoms with Gasteiger partial charge in [0.15, 0.2) is 23.1 Å². The monoisotopic (exact) mass is 311 g/mol. The molecule has 0 aromatic heterocycles. The molecule has 0 unspecified atom stereocenters. The molecule has 0 aliphatic carbocycles. The molecule has 2 aromatic rings. The molecule has 0 amide bonds. The van der Waals surface area contributed by atoms with Crippen LogP contribution in [-0.2, 0) is 6.54 Å². The van der Waals surface area contributed by atoms with Gasteiger partial charge < -0.3 is 10.1 Å². The average molecular weight is 312 g/mol. The van der Waals surface area contributed by atoms with Gasteiger partial charge in [-0.2, -0.15) is 0 Å². The van der Waals surface area contributed by atoms with Crippen molar-refractivity contribution in [3.8, 4) is 11.5 Å². The summed E-state index contributed by atoms with van der Waals surface area (Å²) in [5.74, 6) is -1.39. The summed E-state index contributed by atoms with van der Waals surface area (Å²) in [5, 5.41) is 3.13. The summed E-state index contributed by atoms with van der Waals surface area (Å²) in [5.41, 5.74) is 0.792. The molecule has 0 aliphatic rings. The van der Waals surface area contributed by atoms with Gasteiger partial charge in [-0.25, -0.2) is 8.78 Å². The highest BCUT2D eigenvalue weighted by molar-refractivity contribution is 6.30. The van der Waals surface area contributed by atoms with Gasteiger partial charge in [-0.1, -0.05) is 37.6 Å². The molecule has 1 N–H and O–H groups in total. The maximum Gasteiger partial charge on any atom is 0.184 e. The Morgan fingerprint density at radius 1 is 1.14 bits per heavy atom. The third kappa shape index (κ3) is 4.16. The van der Waals surface area contributed by atoms with Gasteiger partial charge in [0, 0.05) is 12.6 Å². The summed E-state index contributed by atoms with van der Waals surface area (Å²) in [4.78, 5) is 0. The van der Waals surface area contributed by atoms with Gasteiger partial charge in [0.1, 0.15) is 0 Å². The summed E-state index contributed by atoms with van der Waals surface area (Å²) in [7, 11) is 0. The predicted octanol–water partition coefficient (Wildman–Crippen LogP) is 4.91. The molecule has 21 heavy (non-hydrogen) atoms. The number of hydrogen-bond donors (Lipinski definition) is 1. The third-order valence-corrected chi connectivity index (χ3v) is 3.14. The van der Waals surface area contributed by atoms with Crippen molar-refractivity contribution in [2.45, 2.75) is 26.4 Å². The Bertz CT molecular complexity index is 632. The van der Waals surface area contributed by atoms with Crippen molar-refractivity contribution >= 4 is 11.6 Å². The maximum absolute atomic E-state index is 14.0. The molecule has 0 saturated heterocycles. The van der Waals surface area contributed by atoms with Crippen molar-refractivity contribution in [2.75, 3.05) is 0 Å². The zero-order valence-electron chi connectivity index (χ0n) is 11.8. The van der Waals surface area contributed by atoms with E-state index in [4.69, 9.17) is 16.3 Å². The molecule has 0 spiro atoms. The van der Waals surface area contributed by atoms with E-state index in [9.17, 15) is 8.78 Å². The van der Waals surface area contributed by atoms with E-state index >= 15 is 0 Å². The maximum atomic E-state index is 14.0. The molecule has 0 fully saturated rings. The Kier molecular flexibility index (Phi) is 5.15. The Balaban J connectivity index is 2.16. The number of ether oxygens (including phenoxy) is 1. The summed E-state index contributed by atoms with van der Waals surface area (Å²) < 4.78 is 32.9. The summed E-state index contributed by atoms with van der Waals surface area (Å²) in [6.45, 7) is 4.58. The van der Waals surface area contributed by atoms with Gasteiger partial charge in [0.25, 0.3) is 0 Å². The zero-order valence-corrected chi connectivity index (χ0v) is 12.5. The molecule has 0 atom stereocenters. The summed E-state index contributed by atoms with van der Waals surface area (Å²) >= 11 is 5.66. The van der Waals surface area contributed by atoms with Crippen LogP contribution >= 0.6 is 11.6 Å². The molecule has 0 heterocycles. The van der Waals surface area contributed by atoms with Crippen LogP contribution in [0.4, 0.5) is 8.78 Å². The Morgan fingerprint density at radius 2 is 1.90 bits per heavy atom. The van der Waals surface area contributed by atoms with E-state index in [0.717, 1.165) is 5.56 Å². The SMILES string of the molecule is CC(C)NCc1ccc(Oc2cccc(Cl)c2F)c(F)c1. The molecule has 5 heteroatoms. The van der Waals surface area contributed by atoms with Gasteiger partial charge in [0.2, 0.25) is 0 Å². The molecule has 2 aromatic carbocycles. The second-order valence-corrected chi connectivity index (χ2v) is 5.36. The molecular weight excluding hydrogens is 296 g/mol. The number of nitrogens with one attached hydrogen (secondary N) is 1. The fraction of sp³-hybridized carbons (Fsp3) is 0.250. The molecule has 2 nitrogen and oxygen atoms in total. The van der Waals surface area contributed by atoms with Crippen LogP contribution in [0.5, 0.6) is 11.5 Å². The standard InChI is InChI=1S/C16H16ClF2NO/c1-10(2)20-9-11-6-7-14(13(18)8-11)21-15-5-3-4-12(17)16(15)19/h3-8,10,20H,9H2,1-2H3. The molecule has 2 rings (SSSR count). The smallest absolute Gasteiger partial charge is 0.184 e. The van der Waals surface area contributed by atoms with Crippen molar-refractivity contribution in [3.05, 3.63) is 58.6 Å². The van der Waals surface area contributed by atoms with Gasteiger partial charge in [-0.05, 0) is 29.8 Å². The van der Waals surface area contributed by atoms with Crippen LogP contribution in [0.15, 0.2) is 36.4 Å². The van der Waals surface area contributed by atoms with Crippen LogP contribution in [0.2, 0.25) is 5.02 Å². The first kappa shape index (κ1) is 15.7. The quantitative estimate of drug-likeness (QED) is 0.847. The lowest BCUT2D eigenvalue weighted by Gasteiger charge is -2.11. The normalized spacial score (nSPS) is 11.0. The van der Waals surface area contributed by atoms with Crippen molar-refractivity contribution in [1.82, 2.24) is 5.32 Å². The van der Waals surface area contributed by atoms with E-state index < -0.39 is 11.6 Å². The van der Waals surface area contributed by atoms with Gasteiger partial charge in [0.05, 0.1) is 5.02 Å². The first-order valence-corrected chi connectivity index (χ1v) is 6.99. The van der Waals surface area contributed by atoms with E-state index in [2.05, 4.69) is 5.32 Å². The third-order valence-electron chi connectivity index (χ3n) is 2.85. The average Bonchev–Trinajstić information content (AvgIpc) is 2.44. The van der Waals surface area contributed by atoms with Gasteiger partial charge in [-0.3, -0.25) is 0 Å². The minimum Gasteiger partial charge on any atom is -0.451 e. The minimum atomic E-state index is -0.705. The van der Waals surface area contributed by atoms with Gasteiger partial charge in [-0.15, -0.1) is 0 Å². The summed E-state index contributed by atoms with van der Waals surface area (Å²) in [6, 6.07) is 9.23. The first-order valence-electron chi connectivity index (χ1n) is 6.61. The second kappa shape index (κ2) is 6.87. The van der Waals surface area contributed by atoms with E-state index in [1.165, 1.54) is 24.3 Å². The Morgan fingerprint density at radius 3 is 2.57 bits per heavy atom. The minimum absolute atomic E-state index is 0.0375. The highest BCUT2D eigenvalue weighted by atomic mass is 35.5. The summed E-state index contributed by atoms with van der Waals surface area (Å²) in [6.07, 6.45) is 0. The number of benzene rings is 2. The molecule has 0 radical (unpaired) electrons. The van der Waals surface area contributed by atoms with Crippen LogP contribution in [0.1, 0.15) is 19.4 Å². The van der Waals surface area contributed by atoms with Crippen LogP contribution < -0.4 is 10.1 Å². The predicted molar refractivity (Wildman–Crippen MR) is 79.9 cm³/mol. The zero-order chi connectivity index (χ0) is 15.4. The molecule has 112 valence electrons. The fourth-order valence-corrected chi connectivity index (χ4v) is 1.91. The number of halogens is 3.